The third-order valence-corrected chi connectivity index (χ3v) is 5.41. The average Bonchev–Trinajstić information content (AvgIpc) is 3.10. The lowest BCUT2D eigenvalue weighted by atomic mass is 10.3. The molecular formula is C18H23N5O3S2. The molecule has 2 aromatic rings. The van der Waals surface area contributed by atoms with Crippen molar-refractivity contribution < 1.29 is 14.3 Å². The van der Waals surface area contributed by atoms with Crippen molar-refractivity contribution in [3.8, 4) is 5.75 Å². The van der Waals surface area contributed by atoms with E-state index in [2.05, 4.69) is 26.1 Å². The number of morpholine rings is 1. The lowest BCUT2D eigenvalue weighted by Crippen LogP contribution is -2.43. The molecule has 0 atom stereocenters. The van der Waals surface area contributed by atoms with Gasteiger partial charge in [-0.2, -0.15) is 0 Å². The number of carbonyl (C=O) groups is 1. The number of hydrogen-bond acceptors (Lipinski definition) is 7. The first-order valence-corrected chi connectivity index (χ1v) is 10.2. The maximum atomic E-state index is 12.5. The highest BCUT2D eigenvalue weighted by atomic mass is 32.1. The van der Waals surface area contributed by atoms with E-state index in [1.54, 1.807) is 0 Å². The summed E-state index contributed by atoms with van der Waals surface area (Å²) >= 11 is 6.59. The lowest BCUT2D eigenvalue weighted by Gasteiger charge is -2.25. The van der Waals surface area contributed by atoms with Crippen LogP contribution in [0.4, 0.5) is 10.8 Å². The molecule has 28 heavy (non-hydrogen) atoms. The molecule has 1 aliphatic heterocycles. The van der Waals surface area contributed by atoms with E-state index < -0.39 is 0 Å². The monoisotopic (exact) mass is 421 g/mol. The van der Waals surface area contributed by atoms with Gasteiger partial charge in [-0.25, -0.2) is 4.98 Å². The number of aryl methyl sites for hydroxylation is 1. The highest BCUT2D eigenvalue weighted by Gasteiger charge is 2.20. The number of ether oxygens (including phenoxy) is 2. The molecule has 1 aromatic carbocycles. The molecule has 3 rings (SSSR count). The normalized spacial score (nSPS) is 13.7. The quantitative estimate of drug-likeness (QED) is 0.501. The Bertz CT molecular complexity index is 819. The van der Waals surface area contributed by atoms with Gasteiger partial charge in [0.15, 0.2) is 10.2 Å². The van der Waals surface area contributed by atoms with Gasteiger partial charge in [-0.05, 0) is 50.3 Å². The SMILES string of the molecule is CCOc1ccc(NC(=S)NNC(=O)c2sc(N3CCOCC3)nc2C)cc1. The van der Waals surface area contributed by atoms with E-state index in [1.165, 1.54) is 11.3 Å². The van der Waals surface area contributed by atoms with Crippen LogP contribution in [0, 0.1) is 6.92 Å². The number of thiazole rings is 1. The van der Waals surface area contributed by atoms with Crippen molar-refractivity contribution in [1.82, 2.24) is 15.8 Å². The molecule has 8 nitrogen and oxygen atoms in total. The zero-order valence-electron chi connectivity index (χ0n) is 15.8. The second-order valence-electron chi connectivity index (χ2n) is 6.00. The summed E-state index contributed by atoms with van der Waals surface area (Å²) in [7, 11) is 0. The fraction of sp³-hybridized carbons (Fsp3) is 0.389. The van der Waals surface area contributed by atoms with Gasteiger partial charge in [-0.1, -0.05) is 11.3 Å². The van der Waals surface area contributed by atoms with Crippen LogP contribution >= 0.6 is 23.6 Å². The first-order chi connectivity index (χ1) is 13.6. The first-order valence-electron chi connectivity index (χ1n) is 8.97. The minimum atomic E-state index is -0.273. The van der Waals surface area contributed by atoms with Crippen molar-refractivity contribution in [2.24, 2.45) is 0 Å². The first kappa shape index (κ1) is 20.3. The topological polar surface area (TPSA) is 87.8 Å². The van der Waals surface area contributed by atoms with E-state index in [4.69, 9.17) is 21.7 Å². The Morgan fingerprint density at radius 1 is 1.29 bits per heavy atom. The van der Waals surface area contributed by atoms with E-state index in [-0.39, 0.29) is 11.0 Å². The molecule has 0 saturated carbocycles. The fourth-order valence-electron chi connectivity index (χ4n) is 2.62. The van der Waals surface area contributed by atoms with Crippen LogP contribution in [-0.2, 0) is 4.74 Å². The van der Waals surface area contributed by atoms with Gasteiger partial charge < -0.3 is 19.7 Å². The minimum Gasteiger partial charge on any atom is -0.494 e. The molecule has 0 spiro atoms. The van der Waals surface area contributed by atoms with E-state index >= 15 is 0 Å². The molecule has 0 bridgehead atoms. The molecule has 0 aliphatic carbocycles. The number of carbonyl (C=O) groups excluding carboxylic acids is 1. The molecule has 3 N–H and O–H groups in total. The lowest BCUT2D eigenvalue weighted by molar-refractivity contribution is 0.0947. The molecule has 1 aromatic heterocycles. The van der Waals surface area contributed by atoms with Crippen molar-refractivity contribution in [2.45, 2.75) is 13.8 Å². The number of aromatic nitrogens is 1. The van der Waals surface area contributed by atoms with Gasteiger partial charge in [0, 0.05) is 18.8 Å². The van der Waals surface area contributed by atoms with Crippen LogP contribution in [0.25, 0.3) is 0 Å². The van der Waals surface area contributed by atoms with Crippen LogP contribution in [0.3, 0.4) is 0 Å². The maximum Gasteiger partial charge on any atom is 0.281 e. The third-order valence-electron chi connectivity index (χ3n) is 3.99. The number of amides is 1. The van der Waals surface area contributed by atoms with E-state index in [0.29, 0.717) is 30.4 Å². The summed E-state index contributed by atoms with van der Waals surface area (Å²) in [5, 5.41) is 4.12. The van der Waals surface area contributed by atoms with Crippen molar-refractivity contribution in [1.29, 1.82) is 0 Å². The highest BCUT2D eigenvalue weighted by Crippen LogP contribution is 2.26. The molecule has 2 heterocycles. The van der Waals surface area contributed by atoms with Crippen molar-refractivity contribution in [3.05, 3.63) is 34.8 Å². The number of hydrazine groups is 1. The number of anilines is 2. The molecule has 0 radical (unpaired) electrons. The van der Waals surface area contributed by atoms with Crippen LogP contribution in [0.2, 0.25) is 0 Å². The van der Waals surface area contributed by atoms with Crippen molar-refractivity contribution >= 4 is 45.4 Å². The van der Waals surface area contributed by atoms with Gasteiger partial charge in [-0.15, -0.1) is 0 Å². The minimum absolute atomic E-state index is 0.273. The zero-order valence-corrected chi connectivity index (χ0v) is 17.4. The average molecular weight is 422 g/mol. The number of nitrogens with one attached hydrogen (secondary N) is 3. The van der Waals surface area contributed by atoms with E-state index in [0.717, 1.165) is 29.7 Å². The molecule has 0 unspecified atom stereocenters. The van der Waals surface area contributed by atoms with Gasteiger partial charge in [-0.3, -0.25) is 15.6 Å². The van der Waals surface area contributed by atoms with Crippen LogP contribution in [0.5, 0.6) is 5.75 Å². The Morgan fingerprint density at radius 3 is 2.68 bits per heavy atom. The summed E-state index contributed by atoms with van der Waals surface area (Å²) in [5.41, 5.74) is 6.82. The van der Waals surface area contributed by atoms with Crippen LogP contribution in [-0.4, -0.2) is 48.9 Å². The molecule has 1 aliphatic rings. The molecule has 150 valence electrons. The second-order valence-corrected chi connectivity index (χ2v) is 7.39. The summed E-state index contributed by atoms with van der Waals surface area (Å²) in [5.74, 6) is 0.516. The zero-order chi connectivity index (χ0) is 19.9. The van der Waals surface area contributed by atoms with Gasteiger partial charge in [0.05, 0.1) is 25.5 Å². The second kappa shape index (κ2) is 9.67. The van der Waals surface area contributed by atoms with Crippen LogP contribution in [0.1, 0.15) is 22.3 Å². The van der Waals surface area contributed by atoms with Crippen molar-refractivity contribution in [3.63, 3.8) is 0 Å². The maximum absolute atomic E-state index is 12.5. The molecule has 1 saturated heterocycles. The number of hydrogen-bond donors (Lipinski definition) is 3. The molecule has 10 heteroatoms. The van der Waals surface area contributed by atoms with Gasteiger partial charge in [0.25, 0.3) is 5.91 Å². The predicted octanol–water partition coefficient (Wildman–Crippen LogP) is 2.32. The summed E-state index contributed by atoms with van der Waals surface area (Å²) < 4.78 is 10.8. The van der Waals surface area contributed by atoms with Crippen molar-refractivity contribution in [2.75, 3.05) is 43.1 Å². The number of nitrogens with zero attached hydrogens (tertiary/aromatic N) is 2. The molecular weight excluding hydrogens is 398 g/mol. The Kier molecular flexibility index (Phi) is 7.01. The number of benzene rings is 1. The van der Waals surface area contributed by atoms with Crippen LogP contribution in [0.15, 0.2) is 24.3 Å². The molecule has 1 fully saturated rings. The summed E-state index contributed by atoms with van der Waals surface area (Å²) in [6.45, 7) is 7.28. The van der Waals surface area contributed by atoms with Gasteiger partial charge in [0.1, 0.15) is 10.6 Å². The fourth-order valence-corrected chi connectivity index (χ4v) is 3.80. The van der Waals surface area contributed by atoms with Gasteiger partial charge in [0.2, 0.25) is 0 Å². The largest absolute Gasteiger partial charge is 0.494 e. The van der Waals surface area contributed by atoms with Crippen LogP contribution < -0.4 is 25.8 Å². The Morgan fingerprint density at radius 2 is 2.00 bits per heavy atom. The van der Waals surface area contributed by atoms with Gasteiger partial charge >= 0.3 is 0 Å². The Hall–Kier alpha value is -2.43. The predicted molar refractivity (Wildman–Crippen MR) is 114 cm³/mol. The summed E-state index contributed by atoms with van der Waals surface area (Å²) in [6, 6.07) is 7.40. The van der Waals surface area contributed by atoms with E-state index in [1.807, 2.05) is 38.1 Å². The smallest absolute Gasteiger partial charge is 0.281 e. The highest BCUT2D eigenvalue weighted by molar-refractivity contribution is 7.80. The Balaban J connectivity index is 1.52. The third kappa shape index (κ3) is 5.31. The number of thiocarbonyl (C=S) groups is 1. The molecule has 1 amide bonds. The Labute approximate surface area is 173 Å². The standard InChI is InChI=1S/C18H23N5O3S2/c1-3-26-14-6-4-13(5-7-14)20-17(27)22-21-16(24)15-12(2)19-18(28-15)23-8-10-25-11-9-23/h4-7H,3,8-11H2,1-2H3,(H,21,24)(H2,20,22,27). The summed E-state index contributed by atoms with van der Waals surface area (Å²) in [4.78, 5) is 19.7. The number of rotatable bonds is 5. The van der Waals surface area contributed by atoms with E-state index in [9.17, 15) is 4.79 Å². The summed E-state index contributed by atoms with van der Waals surface area (Å²) in [6.07, 6.45) is 0.